The second-order valence-electron chi connectivity index (χ2n) is 10.1. The summed E-state index contributed by atoms with van der Waals surface area (Å²) >= 11 is 0. The molecule has 0 aromatic carbocycles. The first-order valence-electron chi connectivity index (χ1n) is 12.0. The van der Waals surface area contributed by atoms with Crippen LogP contribution >= 0.6 is 0 Å². The average molecular weight is 620 g/mol. The predicted molar refractivity (Wildman–Crippen MR) is 121 cm³/mol. The summed E-state index contributed by atoms with van der Waals surface area (Å²) in [5, 5.41) is 0. The second-order valence-corrected chi connectivity index (χ2v) is 12.0. The second kappa shape index (κ2) is 13.8. The third kappa shape index (κ3) is 12.2. The van der Waals surface area contributed by atoms with Gasteiger partial charge in [0.05, 0.1) is 24.1 Å². The molecule has 39 heavy (non-hydrogen) atoms. The maximum atomic E-state index is 14.2. The van der Waals surface area contributed by atoms with Crippen molar-refractivity contribution in [3.05, 3.63) is 0 Å². The van der Waals surface area contributed by atoms with E-state index in [-0.39, 0.29) is 19.6 Å². The summed E-state index contributed by atoms with van der Waals surface area (Å²) in [7, 11) is -4.49. The summed E-state index contributed by atoms with van der Waals surface area (Å²) in [4.78, 5) is 0. The van der Waals surface area contributed by atoms with Crippen LogP contribution in [0.1, 0.15) is 66.7 Å². The Morgan fingerprint density at radius 1 is 0.795 bits per heavy atom. The van der Waals surface area contributed by atoms with E-state index in [0.29, 0.717) is 19.4 Å². The van der Waals surface area contributed by atoms with Crippen LogP contribution in [0.2, 0.25) is 0 Å². The highest BCUT2D eigenvalue weighted by Gasteiger charge is 2.72. The number of nitrogens with one attached hydrogen (secondary N) is 1. The molecule has 3 unspecified atom stereocenters. The van der Waals surface area contributed by atoms with Crippen molar-refractivity contribution in [3.63, 3.8) is 0 Å². The molecule has 236 valence electrons. The maximum Gasteiger partial charge on any atom is 0.431 e. The number of hydrogen-bond acceptors (Lipinski definition) is 4. The zero-order chi connectivity index (χ0) is 31.1. The molecule has 1 N–H and O–H groups in total. The first-order chi connectivity index (χ1) is 17.2. The first kappa shape index (κ1) is 38.1. The van der Waals surface area contributed by atoms with E-state index in [2.05, 4.69) is 0 Å². The third-order valence-electron chi connectivity index (χ3n) is 6.23. The first-order valence-corrected chi connectivity index (χ1v) is 13.7. The van der Waals surface area contributed by atoms with E-state index < -0.39 is 83.0 Å². The molecule has 0 aliphatic heterocycles. The molecule has 0 rings (SSSR count). The summed E-state index contributed by atoms with van der Waals surface area (Å²) < 4.78 is 183. The van der Waals surface area contributed by atoms with Crippen molar-refractivity contribution in [3.8, 4) is 0 Å². The fourth-order valence-corrected chi connectivity index (χ4v) is 4.66. The molecule has 0 aliphatic rings. The Morgan fingerprint density at radius 2 is 1.31 bits per heavy atom. The van der Waals surface area contributed by atoms with Gasteiger partial charge in [-0.3, -0.25) is 0 Å². The fourth-order valence-electron chi connectivity index (χ4n) is 3.47. The molecule has 0 aromatic rings. The van der Waals surface area contributed by atoms with Gasteiger partial charge in [0.1, 0.15) is 0 Å². The molecule has 0 fully saturated rings. The van der Waals surface area contributed by atoms with Crippen molar-refractivity contribution in [1.82, 2.24) is 4.72 Å². The van der Waals surface area contributed by atoms with Crippen molar-refractivity contribution < 1.29 is 66.2 Å². The van der Waals surface area contributed by atoms with Crippen molar-refractivity contribution >= 4 is 10.0 Å². The molecule has 3 atom stereocenters. The Labute approximate surface area is 221 Å². The molecular formula is C22H36F11NO4S. The number of halogens is 11. The van der Waals surface area contributed by atoms with Crippen LogP contribution in [0.25, 0.3) is 0 Å². The van der Waals surface area contributed by atoms with Crippen LogP contribution in [0.3, 0.4) is 0 Å². The molecule has 0 aromatic heterocycles. The van der Waals surface area contributed by atoms with Gasteiger partial charge in [-0.2, -0.15) is 39.5 Å². The van der Waals surface area contributed by atoms with Crippen LogP contribution in [-0.4, -0.2) is 75.5 Å². The molecule has 0 radical (unpaired) electrons. The lowest BCUT2D eigenvalue weighted by Gasteiger charge is -2.35. The molecule has 5 nitrogen and oxygen atoms in total. The molecule has 17 heteroatoms. The van der Waals surface area contributed by atoms with Gasteiger partial charge < -0.3 is 9.47 Å². The maximum absolute atomic E-state index is 14.2. The van der Waals surface area contributed by atoms with Crippen LogP contribution in [0, 0.1) is 5.92 Å². The zero-order valence-corrected chi connectivity index (χ0v) is 23.0. The van der Waals surface area contributed by atoms with E-state index >= 15 is 0 Å². The van der Waals surface area contributed by atoms with Gasteiger partial charge in [0.25, 0.3) is 5.67 Å². The van der Waals surface area contributed by atoms with Crippen LogP contribution in [0.15, 0.2) is 0 Å². The van der Waals surface area contributed by atoms with E-state index in [4.69, 9.17) is 9.47 Å². The molecule has 0 saturated carbocycles. The van der Waals surface area contributed by atoms with Crippen molar-refractivity contribution in [2.45, 2.75) is 108 Å². The minimum atomic E-state index is -6.60. The van der Waals surface area contributed by atoms with E-state index in [1.165, 1.54) is 0 Å². The van der Waals surface area contributed by atoms with E-state index in [9.17, 15) is 56.7 Å². The van der Waals surface area contributed by atoms with Crippen molar-refractivity contribution in [2.75, 3.05) is 25.5 Å². The minimum absolute atomic E-state index is 0.0389. The zero-order valence-electron chi connectivity index (χ0n) is 22.2. The monoisotopic (exact) mass is 619 g/mol. The average Bonchev–Trinajstić information content (AvgIpc) is 2.72. The molecule has 0 saturated heterocycles. The summed E-state index contributed by atoms with van der Waals surface area (Å²) in [5.74, 6) is -3.89. The highest BCUT2D eigenvalue weighted by molar-refractivity contribution is 7.89. The van der Waals surface area contributed by atoms with Crippen LogP contribution in [-0.2, 0) is 19.5 Å². The lowest BCUT2D eigenvalue weighted by Crippen LogP contribution is -2.55. The minimum Gasteiger partial charge on any atom is -0.379 e. The third-order valence-corrected chi connectivity index (χ3v) is 7.65. The summed E-state index contributed by atoms with van der Waals surface area (Å²) in [5.41, 5.74) is -11.0. The molecule has 0 heterocycles. The summed E-state index contributed by atoms with van der Waals surface area (Å²) in [6.45, 7) is 6.77. The predicted octanol–water partition coefficient (Wildman–Crippen LogP) is 6.82. The van der Waals surface area contributed by atoms with Crippen LogP contribution < -0.4 is 4.72 Å². The lowest BCUT2D eigenvalue weighted by atomic mass is 9.82. The number of alkyl halides is 11. The summed E-state index contributed by atoms with van der Waals surface area (Å²) in [6.07, 6.45) is -24.0. The topological polar surface area (TPSA) is 64.6 Å². The van der Waals surface area contributed by atoms with Gasteiger partial charge in [-0.15, -0.1) is 0 Å². The number of hydrogen-bond donors (Lipinski definition) is 1. The van der Waals surface area contributed by atoms with Gasteiger partial charge in [-0.25, -0.2) is 21.9 Å². The normalized spacial score (nSPS) is 18.2. The smallest absolute Gasteiger partial charge is 0.379 e. The molecule has 0 amide bonds. The van der Waals surface area contributed by atoms with Crippen LogP contribution in [0.5, 0.6) is 0 Å². The van der Waals surface area contributed by atoms with E-state index in [0.717, 1.165) is 0 Å². The number of ether oxygens (including phenoxy) is 2. The van der Waals surface area contributed by atoms with Gasteiger partial charge in [0.15, 0.2) is 0 Å². The highest BCUT2D eigenvalue weighted by Crippen LogP contribution is 2.52. The van der Waals surface area contributed by atoms with Gasteiger partial charge in [-0.05, 0) is 59.3 Å². The van der Waals surface area contributed by atoms with Gasteiger partial charge in [0.2, 0.25) is 15.7 Å². The van der Waals surface area contributed by atoms with Crippen molar-refractivity contribution in [1.29, 1.82) is 0 Å². The molecule has 0 aliphatic carbocycles. The van der Waals surface area contributed by atoms with Gasteiger partial charge >= 0.3 is 18.5 Å². The molecule has 0 bridgehead atoms. The quantitative estimate of drug-likeness (QED) is 0.144. The Hall–Kier alpha value is -0.940. The number of sulfonamides is 1. The van der Waals surface area contributed by atoms with Gasteiger partial charge in [-0.1, -0.05) is 6.92 Å². The van der Waals surface area contributed by atoms with Gasteiger partial charge in [0, 0.05) is 19.6 Å². The Morgan fingerprint density at radius 3 is 1.72 bits per heavy atom. The van der Waals surface area contributed by atoms with Crippen LogP contribution in [0.4, 0.5) is 48.3 Å². The SMILES string of the molecule is CCC(C)(CCOC(C)C)OCCNS(=O)(=O)CCC(CC(C)(F)C(F)(F)F)CC(F)(C(F)(F)F)C(F)(F)F. The lowest BCUT2D eigenvalue weighted by molar-refractivity contribution is -0.347. The van der Waals surface area contributed by atoms with E-state index in [1.54, 1.807) is 13.8 Å². The Kier molecular flexibility index (Phi) is 13.5. The largest absolute Gasteiger partial charge is 0.431 e. The molecule has 0 spiro atoms. The standard InChI is InChI=1S/C22H36F11NO4S/c1-6-17(4,8-10-37-15(2)3)38-11-9-34-39(35,36)12-7-16(13-18(5,23)20(25,26)27)14-19(24,21(28,29)30)22(31,32)33/h15-16,34H,6-14H2,1-5H3. The Bertz CT molecular complexity index is 828. The highest BCUT2D eigenvalue weighted by atomic mass is 32.2. The van der Waals surface area contributed by atoms with Crippen molar-refractivity contribution in [2.24, 2.45) is 5.92 Å². The fraction of sp³-hybridized carbons (Fsp3) is 1.00. The Balaban J connectivity index is 5.47. The summed E-state index contributed by atoms with van der Waals surface area (Å²) in [6, 6.07) is 0. The van der Waals surface area contributed by atoms with E-state index in [1.807, 2.05) is 18.6 Å². The number of rotatable bonds is 17. The molecular weight excluding hydrogens is 583 g/mol.